The maximum atomic E-state index is 12.0. The second kappa shape index (κ2) is 7.29. The van der Waals surface area contributed by atoms with Crippen molar-refractivity contribution in [2.45, 2.75) is 44.7 Å². The molecule has 1 amide bonds. The maximum Gasteiger partial charge on any atom is 0.220 e. The van der Waals surface area contributed by atoms with Crippen LogP contribution in [-0.2, 0) is 11.3 Å². The molecule has 1 aromatic carbocycles. The lowest BCUT2D eigenvalue weighted by Crippen LogP contribution is -2.36. The normalized spacial score (nSPS) is 22.3. The zero-order valence-corrected chi connectivity index (χ0v) is 12.1. The molecule has 1 saturated carbocycles. The number of ether oxygens (including phenoxy) is 1. The topological polar surface area (TPSA) is 64.3 Å². The fraction of sp³-hybridized carbons (Fsp3) is 0.562. The van der Waals surface area contributed by atoms with Crippen molar-refractivity contribution >= 4 is 5.91 Å². The lowest BCUT2D eigenvalue weighted by atomic mass is 9.83. The van der Waals surface area contributed by atoms with Crippen LogP contribution in [0.15, 0.2) is 24.3 Å². The van der Waals surface area contributed by atoms with E-state index in [4.69, 9.17) is 10.5 Å². The number of nitrogens with two attached hydrogens (primary N) is 1. The van der Waals surface area contributed by atoms with Crippen molar-refractivity contribution < 1.29 is 9.53 Å². The molecule has 1 aliphatic carbocycles. The van der Waals surface area contributed by atoms with Crippen LogP contribution in [0.5, 0.6) is 5.75 Å². The van der Waals surface area contributed by atoms with E-state index in [2.05, 4.69) is 5.32 Å². The van der Waals surface area contributed by atoms with Crippen molar-refractivity contribution in [3.63, 3.8) is 0 Å². The van der Waals surface area contributed by atoms with Crippen molar-refractivity contribution in [1.82, 2.24) is 5.32 Å². The van der Waals surface area contributed by atoms with E-state index in [0.29, 0.717) is 18.9 Å². The van der Waals surface area contributed by atoms with Crippen LogP contribution >= 0.6 is 0 Å². The van der Waals surface area contributed by atoms with Gasteiger partial charge >= 0.3 is 0 Å². The highest BCUT2D eigenvalue weighted by Crippen LogP contribution is 2.25. The van der Waals surface area contributed by atoms with Gasteiger partial charge in [0.05, 0.1) is 7.11 Å². The van der Waals surface area contributed by atoms with Crippen LogP contribution in [0, 0.1) is 5.92 Å². The summed E-state index contributed by atoms with van der Waals surface area (Å²) < 4.78 is 5.11. The van der Waals surface area contributed by atoms with Crippen molar-refractivity contribution in [3.8, 4) is 5.75 Å². The molecule has 2 rings (SSSR count). The summed E-state index contributed by atoms with van der Waals surface area (Å²) >= 11 is 0. The van der Waals surface area contributed by atoms with Gasteiger partial charge < -0.3 is 15.8 Å². The number of hydrogen-bond acceptors (Lipinski definition) is 3. The van der Waals surface area contributed by atoms with Gasteiger partial charge in [0.2, 0.25) is 5.91 Å². The lowest BCUT2D eigenvalue weighted by Gasteiger charge is -2.27. The van der Waals surface area contributed by atoms with Crippen LogP contribution in [0.25, 0.3) is 0 Å². The van der Waals surface area contributed by atoms with Gasteiger partial charge in [-0.2, -0.15) is 0 Å². The van der Waals surface area contributed by atoms with Crippen molar-refractivity contribution in [3.05, 3.63) is 29.8 Å². The fourth-order valence-corrected chi connectivity index (χ4v) is 2.74. The number of amides is 1. The Morgan fingerprint density at radius 2 is 2.00 bits per heavy atom. The predicted molar refractivity (Wildman–Crippen MR) is 79.4 cm³/mol. The summed E-state index contributed by atoms with van der Waals surface area (Å²) in [6.45, 7) is 0.560. The lowest BCUT2D eigenvalue weighted by molar-refractivity contribution is -0.122. The highest BCUT2D eigenvalue weighted by Gasteiger charge is 2.23. The van der Waals surface area contributed by atoms with E-state index >= 15 is 0 Å². The van der Waals surface area contributed by atoms with Crippen molar-refractivity contribution in [2.24, 2.45) is 11.7 Å². The van der Waals surface area contributed by atoms with Crippen molar-refractivity contribution in [2.75, 3.05) is 7.11 Å². The molecule has 0 spiro atoms. The molecule has 1 fully saturated rings. The first-order valence-corrected chi connectivity index (χ1v) is 7.34. The third-order valence-electron chi connectivity index (χ3n) is 4.06. The van der Waals surface area contributed by atoms with Gasteiger partial charge in [-0.1, -0.05) is 25.0 Å². The zero-order chi connectivity index (χ0) is 14.4. The molecule has 0 aromatic heterocycles. The number of benzene rings is 1. The van der Waals surface area contributed by atoms with E-state index < -0.39 is 0 Å². The Kier molecular flexibility index (Phi) is 5.41. The largest absolute Gasteiger partial charge is 0.497 e. The van der Waals surface area contributed by atoms with E-state index in [1.807, 2.05) is 24.3 Å². The van der Waals surface area contributed by atoms with Gasteiger partial charge in [0.1, 0.15) is 5.75 Å². The van der Waals surface area contributed by atoms with Crippen LogP contribution < -0.4 is 15.8 Å². The third-order valence-corrected chi connectivity index (χ3v) is 4.06. The summed E-state index contributed by atoms with van der Waals surface area (Å²) in [6, 6.07) is 7.92. The minimum Gasteiger partial charge on any atom is -0.497 e. The smallest absolute Gasteiger partial charge is 0.220 e. The summed E-state index contributed by atoms with van der Waals surface area (Å²) in [4.78, 5) is 12.0. The molecule has 0 heterocycles. The number of methoxy groups -OCH3 is 1. The molecule has 3 N–H and O–H groups in total. The van der Waals surface area contributed by atoms with E-state index in [1.165, 1.54) is 12.8 Å². The van der Waals surface area contributed by atoms with E-state index in [-0.39, 0.29) is 11.9 Å². The van der Waals surface area contributed by atoms with Crippen LogP contribution in [0.1, 0.15) is 37.7 Å². The SMILES string of the molecule is COc1ccc(CNC(=O)CC2CCCCC2N)cc1. The second-order valence-electron chi connectivity index (χ2n) is 5.54. The van der Waals surface area contributed by atoms with Gasteiger partial charge in [-0.3, -0.25) is 4.79 Å². The first kappa shape index (κ1) is 14.9. The highest BCUT2D eigenvalue weighted by molar-refractivity contribution is 5.76. The second-order valence-corrected chi connectivity index (χ2v) is 5.54. The average molecular weight is 276 g/mol. The van der Waals surface area contributed by atoms with Gasteiger partial charge in [-0.25, -0.2) is 0 Å². The summed E-state index contributed by atoms with van der Waals surface area (Å²) in [7, 11) is 1.64. The number of nitrogens with one attached hydrogen (secondary N) is 1. The standard InChI is InChI=1S/C16H24N2O2/c1-20-14-8-6-12(7-9-14)11-18-16(19)10-13-4-2-3-5-15(13)17/h6-9,13,15H,2-5,10-11,17H2,1H3,(H,18,19). The van der Waals surface area contributed by atoms with Gasteiger partial charge in [0, 0.05) is 19.0 Å². The predicted octanol–water partition coefficient (Wildman–Crippen LogP) is 2.22. The third kappa shape index (κ3) is 4.23. The molecule has 2 atom stereocenters. The zero-order valence-electron chi connectivity index (χ0n) is 12.1. The molecule has 4 heteroatoms. The molecule has 2 unspecified atom stereocenters. The molecule has 0 aliphatic heterocycles. The summed E-state index contributed by atoms with van der Waals surface area (Å²) in [5.74, 6) is 1.27. The minimum atomic E-state index is 0.100. The first-order valence-electron chi connectivity index (χ1n) is 7.34. The van der Waals surface area contributed by atoms with E-state index in [9.17, 15) is 4.79 Å². The Balaban J connectivity index is 1.76. The monoisotopic (exact) mass is 276 g/mol. The Hall–Kier alpha value is -1.55. The molecule has 0 bridgehead atoms. The van der Waals surface area contributed by atoms with Gasteiger partial charge in [0.25, 0.3) is 0 Å². The molecule has 0 saturated heterocycles. The molecule has 1 aliphatic rings. The Labute approximate surface area is 120 Å². The molecular weight excluding hydrogens is 252 g/mol. The van der Waals surface area contributed by atoms with E-state index in [0.717, 1.165) is 24.2 Å². The van der Waals surface area contributed by atoms with Gasteiger partial charge in [0.15, 0.2) is 0 Å². The summed E-state index contributed by atoms with van der Waals surface area (Å²) in [6.07, 6.45) is 5.08. The number of carbonyl (C=O) groups excluding carboxylic acids is 1. The van der Waals surface area contributed by atoms with Crippen LogP contribution in [0.3, 0.4) is 0 Å². The van der Waals surface area contributed by atoms with Crippen LogP contribution in [-0.4, -0.2) is 19.1 Å². The average Bonchev–Trinajstić information content (AvgIpc) is 2.48. The van der Waals surface area contributed by atoms with Crippen LogP contribution in [0.4, 0.5) is 0 Å². The van der Waals surface area contributed by atoms with Crippen LogP contribution in [0.2, 0.25) is 0 Å². The molecule has 1 aromatic rings. The molecule has 0 radical (unpaired) electrons. The number of carbonyl (C=O) groups is 1. The minimum absolute atomic E-state index is 0.100. The highest BCUT2D eigenvalue weighted by atomic mass is 16.5. The number of hydrogen-bond donors (Lipinski definition) is 2. The molecule has 20 heavy (non-hydrogen) atoms. The van der Waals surface area contributed by atoms with Gasteiger partial charge in [-0.05, 0) is 36.5 Å². The fourth-order valence-electron chi connectivity index (χ4n) is 2.74. The Morgan fingerprint density at radius 3 is 2.65 bits per heavy atom. The first-order chi connectivity index (χ1) is 9.69. The summed E-state index contributed by atoms with van der Waals surface area (Å²) in [5, 5.41) is 2.97. The van der Waals surface area contributed by atoms with Crippen molar-refractivity contribution in [1.29, 1.82) is 0 Å². The quantitative estimate of drug-likeness (QED) is 0.866. The number of rotatable bonds is 5. The molecule has 110 valence electrons. The Bertz CT molecular complexity index is 431. The van der Waals surface area contributed by atoms with Gasteiger partial charge in [-0.15, -0.1) is 0 Å². The summed E-state index contributed by atoms with van der Waals surface area (Å²) in [5.41, 5.74) is 7.15. The van der Waals surface area contributed by atoms with E-state index in [1.54, 1.807) is 7.11 Å². The molecule has 4 nitrogen and oxygen atoms in total. The molecular formula is C16H24N2O2. The maximum absolute atomic E-state index is 12.0. The Morgan fingerprint density at radius 1 is 1.30 bits per heavy atom.